The Kier molecular flexibility index (Phi) is 7.28. The van der Waals surface area contributed by atoms with Gasteiger partial charge in [-0.1, -0.05) is 24.6 Å². The van der Waals surface area contributed by atoms with Crippen LogP contribution in [0.2, 0.25) is 0 Å². The maximum atomic E-state index is 13.9. The summed E-state index contributed by atoms with van der Waals surface area (Å²) in [6.07, 6.45) is 3.34. The first kappa shape index (κ1) is 24.9. The summed E-state index contributed by atoms with van der Waals surface area (Å²) < 4.78 is 40.4. The van der Waals surface area contributed by atoms with Crippen LogP contribution in [0.4, 0.5) is 13.2 Å². The van der Waals surface area contributed by atoms with Crippen molar-refractivity contribution in [1.29, 1.82) is 0 Å². The molecule has 1 saturated heterocycles. The van der Waals surface area contributed by atoms with Crippen molar-refractivity contribution in [2.24, 2.45) is 5.92 Å². The zero-order valence-corrected chi connectivity index (χ0v) is 20.3. The molecule has 35 heavy (non-hydrogen) atoms. The Labute approximate surface area is 204 Å². The molecule has 186 valence electrons. The van der Waals surface area contributed by atoms with E-state index in [0.29, 0.717) is 36.6 Å². The Bertz CT molecular complexity index is 1170. The molecule has 1 aliphatic rings. The normalized spacial score (nSPS) is 18.6. The first-order valence-electron chi connectivity index (χ1n) is 12.1. The van der Waals surface area contributed by atoms with Crippen molar-refractivity contribution in [3.63, 3.8) is 0 Å². The molecule has 0 bridgehead atoms. The average Bonchev–Trinajstić information content (AvgIpc) is 3.31. The third-order valence-corrected chi connectivity index (χ3v) is 6.90. The van der Waals surface area contributed by atoms with Gasteiger partial charge in [-0.15, -0.1) is 0 Å². The predicted octanol–water partition coefficient (Wildman–Crippen LogP) is 6.17. The fourth-order valence-corrected chi connectivity index (χ4v) is 4.89. The molecule has 0 radical (unpaired) electrons. The lowest BCUT2D eigenvalue weighted by Gasteiger charge is -2.40. The highest BCUT2D eigenvalue weighted by Gasteiger charge is 2.34. The highest BCUT2D eigenvalue weighted by molar-refractivity contribution is 6.01. The molecule has 0 saturated carbocycles. The summed E-state index contributed by atoms with van der Waals surface area (Å²) in [5.41, 5.74) is 3.30. The standard InChI is InChI=1S/C27H31F3N4O/c1-4-33-17-20(15-32-33)23-11-7-18(2)14-24(23)26(35)34-13-5-6-19(3)25(34)12-10-22-9-8-21(16-31-22)27(28,29)30/h7-9,11,14-17,19,25H,4-6,10,12-13H2,1-3H3/t19-,25-/m1/s1. The molecular formula is C27H31F3N4O. The van der Waals surface area contributed by atoms with Crippen molar-refractivity contribution in [3.05, 3.63) is 71.3 Å². The average molecular weight is 485 g/mol. The van der Waals surface area contributed by atoms with Gasteiger partial charge in [-0.2, -0.15) is 18.3 Å². The molecule has 0 aliphatic carbocycles. The van der Waals surface area contributed by atoms with E-state index in [1.54, 1.807) is 6.20 Å². The van der Waals surface area contributed by atoms with E-state index < -0.39 is 11.7 Å². The molecule has 3 heterocycles. The van der Waals surface area contributed by atoms with Crippen LogP contribution in [0.1, 0.15) is 60.3 Å². The molecule has 1 amide bonds. The van der Waals surface area contributed by atoms with E-state index >= 15 is 0 Å². The zero-order chi connectivity index (χ0) is 25.2. The minimum atomic E-state index is -4.40. The van der Waals surface area contributed by atoms with Crippen LogP contribution in [0, 0.1) is 12.8 Å². The van der Waals surface area contributed by atoms with Crippen LogP contribution >= 0.6 is 0 Å². The lowest BCUT2D eigenvalue weighted by molar-refractivity contribution is -0.137. The maximum Gasteiger partial charge on any atom is 0.417 e. The fraction of sp³-hybridized carbons (Fsp3) is 0.444. The molecule has 3 aromatic rings. The number of alkyl halides is 3. The summed E-state index contributed by atoms with van der Waals surface area (Å²) in [5, 5.41) is 4.37. The third-order valence-electron chi connectivity index (χ3n) is 6.90. The minimum absolute atomic E-state index is 0.00734. The van der Waals surface area contributed by atoms with E-state index in [4.69, 9.17) is 0 Å². The van der Waals surface area contributed by atoms with Gasteiger partial charge >= 0.3 is 6.18 Å². The molecule has 0 unspecified atom stereocenters. The predicted molar refractivity (Wildman–Crippen MR) is 129 cm³/mol. The second kappa shape index (κ2) is 10.2. The number of rotatable bonds is 6. The van der Waals surface area contributed by atoms with Gasteiger partial charge in [0.1, 0.15) is 0 Å². The maximum absolute atomic E-state index is 13.9. The number of halogens is 3. The van der Waals surface area contributed by atoms with E-state index in [0.717, 1.165) is 48.3 Å². The molecule has 5 nitrogen and oxygen atoms in total. The second-order valence-electron chi connectivity index (χ2n) is 9.39. The number of pyridine rings is 1. The number of nitrogens with zero attached hydrogens (tertiary/aromatic N) is 4. The molecule has 1 fully saturated rings. The Morgan fingerprint density at radius 2 is 1.97 bits per heavy atom. The Morgan fingerprint density at radius 1 is 1.17 bits per heavy atom. The quantitative estimate of drug-likeness (QED) is 0.421. The van der Waals surface area contributed by atoms with Crippen LogP contribution in [0.3, 0.4) is 0 Å². The van der Waals surface area contributed by atoms with Gasteiger partial charge in [-0.3, -0.25) is 14.5 Å². The van der Waals surface area contributed by atoms with Gasteiger partial charge in [0.05, 0.1) is 11.8 Å². The van der Waals surface area contributed by atoms with Crippen molar-refractivity contribution in [2.45, 2.75) is 65.2 Å². The molecule has 0 spiro atoms. The number of aromatic nitrogens is 3. The third kappa shape index (κ3) is 5.57. The van der Waals surface area contributed by atoms with Gasteiger partial charge < -0.3 is 4.90 Å². The van der Waals surface area contributed by atoms with Crippen LogP contribution in [0.15, 0.2) is 48.9 Å². The number of amides is 1. The minimum Gasteiger partial charge on any atom is -0.335 e. The van der Waals surface area contributed by atoms with Crippen molar-refractivity contribution < 1.29 is 18.0 Å². The van der Waals surface area contributed by atoms with E-state index in [-0.39, 0.29) is 11.9 Å². The van der Waals surface area contributed by atoms with Crippen molar-refractivity contribution in [2.75, 3.05) is 6.54 Å². The summed E-state index contributed by atoms with van der Waals surface area (Å²) >= 11 is 0. The Morgan fingerprint density at radius 3 is 2.63 bits per heavy atom. The molecule has 1 aromatic carbocycles. The topological polar surface area (TPSA) is 51.0 Å². The SMILES string of the molecule is CCn1cc(-c2ccc(C)cc2C(=O)N2CCC[C@@H](C)[C@H]2CCc2ccc(C(F)(F)F)cn2)cn1. The van der Waals surface area contributed by atoms with Gasteiger partial charge in [0.2, 0.25) is 0 Å². The van der Waals surface area contributed by atoms with Crippen molar-refractivity contribution >= 4 is 5.91 Å². The molecule has 8 heteroatoms. The second-order valence-corrected chi connectivity index (χ2v) is 9.39. The number of hydrogen-bond donors (Lipinski definition) is 0. The van der Waals surface area contributed by atoms with Gasteiger partial charge in [0.25, 0.3) is 5.91 Å². The number of hydrogen-bond acceptors (Lipinski definition) is 3. The van der Waals surface area contributed by atoms with E-state index in [1.807, 2.05) is 47.8 Å². The van der Waals surface area contributed by atoms with E-state index in [9.17, 15) is 18.0 Å². The first-order chi connectivity index (χ1) is 16.7. The Balaban J connectivity index is 1.57. The molecule has 1 aliphatic heterocycles. The van der Waals surface area contributed by atoms with E-state index in [1.165, 1.54) is 6.07 Å². The first-order valence-corrected chi connectivity index (χ1v) is 12.1. The summed E-state index contributed by atoms with van der Waals surface area (Å²) in [4.78, 5) is 19.9. The number of carbonyl (C=O) groups is 1. The van der Waals surface area contributed by atoms with Gasteiger partial charge in [-0.05, 0) is 69.2 Å². The van der Waals surface area contributed by atoms with Crippen LogP contribution in [0.5, 0.6) is 0 Å². The van der Waals surface area contributed by atoms with Crippen LogP contribution in [-0.2, 0) is 19.1 Å². The lowest BCUT2D eigenvalue weighted by atomic mass is 9.86. The van der Waals surface area contributed by atoms with Crippen LogP contribution < -0.4 is 0 Å². The summed E-state index contributed by atoms with van der Waals surface area (Å²) in [5.74, 6) is 0.281. The van der Waals surface area contributed by atoms with Gasteiger partial charge in [0, 0.05) is 48.3 Å². The van der Waals surface area contributed by atoms with Crippen molar-refractivity contribution in [1.82, 2.24) is 19.7 Å². The zero-order valence-electron chi connectivity index (χ0n) is 20.3. The molecule has 4 rings (SSSR count). The lowest BCUT2D eigenvalue weighted by Crippen LogP contribution is -2.48. The number of benzene rings is 1. The Hall–Kier alpha value is -3.16. The number of likely N-dealkylation sites (tertiary alicyclic amines) is 1. The monoisotopic (exact) mass is 484 g/mol. The molecule has 2 atom stereocenters. The smallest absolute Gasteiger partial charge is 0.335 e. The van der Waals surface area contributed by atoms with Crippen LogP contribution in [-0.4, -0.2) is 38.2 Å². The number of carbonyl (C=O) groups excluding carboxylic acids is 1. The summed E-state index contributed by atoms with van der Waals surface area (Å²) in [6.45, 7) is 7.55. The summed E-state index contributed by atoms with van der Waals surface area (Å²) in [7, 11) is 0. The van der Waals surface area contributed by atoms with E-state index in [2.05, 4.69) is 17.0 Å². The van der Waals surface area contributed by atoms with Crippen molar-refractivity contribution in [3.8, 4) is 11.1 Å². The highest BCUT2D eigenvalue weighted by atomic mass is 19.4. The van der Waals surface area contributed by atoms with Crippen LogP contribution in [0.25, 0.3) is 11.1 Å². The number of piperidine rings is 1. The van der Waals surface area contributed by atoms with Gasteiger partial charge in [0.15, 0.2) is 0 Å². The molecule has 2 aromatic heterocycles. The molecule has 0 N–H and O–H groups in total. The fourth-order valence-electron chi connectivity index (χ4n) is 4.89. The highest BCUT2D eigenvalue weighted by Crippen LogP contribution is 2.32. The molecular weight excluding hydrogens is 453 g/mol. The largest absolute Gasteiger partial charge is 0.417 e. The number of aryl methyl sites for hydroxylation is 3. The van der Waals surface area contributed by atoms with Gasteiger partial charge in [-0.25, -0.2) is 0 Å². The summed E-state index contributed by atoms with van der Waals surface area (Å²) in [6, 6.07) is 8.43.